The minimum Gasteiger partial charge on any atom is -0.497 e. The summed E-state index contributed by atoms with van der Waals surface area (Å²) in [5.74, 6) is -0.259. The molecular weight excluding hydrogens is 422 g/mol. The van der Waals surface area contributed by atoms with E-state index >= 15 is 0 Å². The number of hydrogen-bond acceptors (Lipinski definition) is 6. The summed E-state index contributed by atoms with van der Waals surface area (Å²) in [6.45, 7) is 1.62. The maximum absolute atomic E-state index is 12.3. The highest BCUT2D eigenvalue weighted by molar-refractivity contribution is 5.96. The van der Waals surface area contributed by atoms with Gasteiger partial charge < -0.3 is 14.8 Å². The SMILES string of the molecule is COc1ccc(C(=O)NCC(=O)N/N=C\c2ccc(OC(=O)c3ccccc3C)cc2)cc1. The third kappa shape index (κ3) is 6.76. The topological polar surface area (TPSA) is 106 Å². The van der Waals surface area contributed by atoms with Crippen molar-refractivity contribution in [1.29, 1.82) is 0 Å². The molecular formula is C25H23N3O5. The van der Waals surface area contributed by atoms with Crippen LogP contribution in [-0.4, -0.2) is 37.7 Å². The van der Waals surface area contributed by atoms with Crippen LogP contribution in [0.5, 0.6) is 11.5 Å². The fraction of sp³-hybridized carbons (Fsp3) is 0.120. The predicted molar refractivity (Wildman–Crippen MR) is 124 cm³/mol. The number of methoxy groups -OCH3 is 1. The fourth-order valence-electron chi connectivity index (χ4n) is 2.81. The van der Waals surface area contributed by atoms with E-state index in [0.717, 1.165) is 5.56 Å². The van der Waals surface area contributed by atoms with Crippen LogP contribution in [0.25, 0.3) is 0 Å². The Morgan fingerprint density at radius 1 is 0.909 bits per heavy atom. The Bertz CT molecular complexity index is 1160. The number of esters is 1. The van der Waals surface area contributed by atoms with E-state index < -0.39 is 11.9 Å². The molecule has 3 aromatic carbocycles. The van der Waals surface area contributed by atoms with Crippen LogP contribution in [0.2, 0.25) is 0 Å². The first-order valence-corrected chi connectivity index (χ1v) is 10.1. The molecule has 0 aromatic heterocycles. The number of aryl methyl sites for hydroxylation is 1. The molecule has 0 saturated carbocycles. The minimum atomic E-state index is -0.475. The number of rotatable bonds is 8. The highest BCUT2D eigenvalue weighted by atomic mass is 16.5. The number of carbonyl (C=O) groups excluding carboxylic acids is 3. The van der Waals surface area contributed by atoms with Crippen LogP contribution in [0, 0.1) is 6.92 Å². The van der Waals surface area contributed by atoms with Gasteiger partial charge in [-0.3, -0.25) is 9.59 Å². The van der Waals surface area contributed by atoms with Crippen molar-refractivity contribution in [1.82, 2.24) is 10.7 Å². The van der Waals surface area contributed by atoms with Crippen LogP contribution in [-0.2, 0) is 4.79 Å². The molecule has 3 aromatic rings. The monoisotopic (exact) mass is 445 g/mol. The molecule has 0 spiro atoms. The van der Waals surface area contributed by atoms with Crippen molar-refractivity contribution in [2.45, 2.75) is 6.92 Å². The number of hydrogen-bond donors (Lipinski definition) is 2. The van der Waals surface area contributed by atoms with Gasteiger partial charge in [-0.15, -0.1) is 0 Å². The van der Waals surface area contributed by atoms with Gasteiger partial charge in [0.05, 0.1) is 25.4 Å². The average molecular weight is 445 g/mol. The molecule has 0 atom stereocenters. The number of carbonyl (C=O) groups is 3. The smallest absolute Gasteiger partial charge is 0.343 e. The standard InChI is InChI=1S/C25H23N3O5/c1-17-5-3-4-6-22(17)25(31)33-21-11-7-18(8-12-21)15-27-28-23(29)16-26-24(30)19-9-13-20(32-2)14-10-19/h3-15H,16H2,1-2H3,(H,26,30)(H,28,29)/b27-15-. The zero-order valence-electron chi connectivity index (χ0n) is 18.2. The molecule has 0 aliphatic heterocycles. The molecule has 0 saturated heterocycles. The molecule has 2 N–H and O–H groups in total. The van der Waals surface area contributed by atoms with E-state index in [2.05, 4.69) is 15.8 Å². The first-order chi connectivity index (χ1) is 16.0. The lowest BCUT2D eigenvalue weighted by atomic mass is 10.1. The first-order valence-electron chi connectivity index (χ1n) is 10.1. The molecule has 0 unspecified atom stereocenters. The van der Waals surface area contributed by atoms with Crippen LogP contribution in [0.4, 0.5) is 0 Å². The van der Waals surface area contributed by atoms with Crippen molar-refractivity contribution in [3.8, 4) is 11.5 Å². The number of nitrogens with one attached hydrogen (secondary N) is 2. The van der Waals surface area contributed by atoms with E-state index in [1.165, 1.54) is 13.3 Å². The zero-order valence-corrected chi connectivity index (χ0v) is 18.2. The van der Waals surface area contributed by atoms with Crippen LogP contribution in [0.15, 0.2) is 77.9 Å². The number of ether oxygens (including phenoxy) is 2. The van der Waals surface area contributed by atoms with Gasteiger partial charge in [0, 0.05) is 5.56 Å². The van der Waals surface area contributed by atoms with E-state index in [-0.39, 0.29) is 12.5 Å². The van der Waals surface area contributed by atoms with Crippen molar-refractivity contribution in [3.05, 3.63) is 95.1 Å². The quantitative estimate of drug-likeness (QED) is 0.240. The van der Waals surface area contributed by atoms with Crippen molar-refractivity contribution < 1.29 is 23.9 Å². The number of amides is 2. The second-order valence-electron chi connectivity index (χ2n) is 6.98. The summed E-state index contributed by atoms with van der Waals surface area (Å²) in [5.41, 5.74) is 4.78. The second kappa shape index (κ2) is 11.2. The average Bonchev–Trinajstić information content (AvgIpc) is 2.84. The largest absolute Gasteiger partial charge is 0.497 e. The molecule has 0 aliphatic rings. The van der Waals surface area contributed by atoms with E-state index in [0.29, 0.717) is 28.2 Å². The molecule has 33 heavy (non-hydrogen) atoms. The van der Waals surface area contributed by atoms with E-state index in [1.807, 2.05) is 19.1 Å². The summed E-state index contributed by atoms with van der Waals surface area (Å²) < 4.78 is 10.4. The van der Waals surface area contributed by atoms with Crippen LogP contribution in [0.3, 0.4) is 0 Å². The molecule has 0 heterocycles. The Hall–Kier alpha value is -4.46. The fourth-order valence-corrected chi connectivity index (χ4v) is 2.81. The minimum absolute atomic E-state index is 0.226. The summed E-state index contributed by atoms with van der Waals surface area (Å²) >= 11 is 0. The molecule has 0 bridgehead atoms. The third-order valence-electron chi connectivity index (χ3n) is 4.62. The van der Waals surface area contributed by atoms with Gasteiger partial charge in [0.1, 0.15) is 11.5 Å². The lowest BCUT2D eigenvalue weighted by molar-refractivity contribution is -0.120. The van der Waals surface area contributed by atoms with Crippen molar-refractivity contribution in [2.24, 2.45) is 5.10 Å². The number of benzene rings is 3. The van der Waals surface area contributed by atoms with Crippen LogP contribution in [0.1, 0.15) is 31.8 Å². The lowest BCUT2D eigenvalue weighted by Gasteiger charge is -2.07. The van der Waals surface area contributed by atoms with Gasteiger partial charge >= 0.3 is 5.97 Å². The Kier molecular flexibility index (Phi) is 7.91. The van der Waals surface area contributed by atoms with Crippen molar-refractivity contribution in [2.75, 3.05) is 13.7 Å². The Balaban J connectivity index is 1.45. The van der Waals surface area contributed by atoms with Crippen LogP contribution >= 0.6 is 0 Å². The molecule has 2 amide bonds. The molecule has 0 aliphatic carbocycles. The highest BCUT2D eigenvalue weighted by Gasteiger charge is 2.11. The normalized spacial score (nSPS) is 10.5. The molecule has 8 nitrogen and oxygen atoms in total. The van der Waals surface area contributed by atoms with Crippen molar-refractivity contribution >= 4 is 24.0 Å². The Morgan fingerprint density at radius 3 is 2.24 bits per heavy atom. The van der Waals surface area contributed by atoms with Gasteiger partial charge in [0.25, 0.3) is 11.8 Å². The summed E-state index contributed by atoms with van der Waals surface area (Å²) in [7, 11) is 1.54. The summed E-state index contributed by atoms with van der Waals surface area (Å²) in [4.78, 5) is 36.2. The van der Waals surface area contributed by atoms with E-state index in [1.54, 1.807) is 60.7 Å². The van der Waals surface area contributed by atoms with Gasteiger partial charge in [-0.2, -0.15) is 5.10 Å². The summed E-state index contributed by atoms with van der Waals surface area (Å²) in [5, 5.41) is 6.38. The third-order valence-corrected chi connectivity index (χ3v) is 4.62. The summed E-state index contributed by atoms with van der Waals surface area (Å²) in [6.07, 6.45) is 1.44. The molecule has 168 valence electrons. The molecule has 8 heteroatoms. The van der Waals surface area contributed by atoms with Gasteiger partial charge in [0.2, 0.25) is 0 Å². The van der Waals surface area contributed by atoms with Crippen molar-refractivity contribution in [3.63, 3.8) is 0 Å². The maximum Gasteiger partial charge on any atom is 0.343 e. The Labute approximate surface area is 191 Å². The van der Waals surface area contributed by atoms with E-state index in [4.69, 9.17) is 9.47 Å². The van der Waals surface area contributed by atoms with Crippen LogP contribution < -0.4 is 20.2 Å². The van der Waals surface area contributed by atoms with Gasteiger partial charge in [-0.1, -0.05) is 18.2 Å². The molecule has 0 fully saturated rings. The first kappa shape index (κ1) is 23.2. The number of hydrazone groups is 1. The van der Waals surface area contributed by atoms with E-state index in [9.17, 15) is 14.4 Å². The Morgan fingerprint density at radius 2 is 1.58 bits per heavy atom. The maximum atomic E-state index is 12.3. The van der Waals surface area contributed by atoms with Gasteiger partial charge in [-0.25, -0.2) is 10.2 Å². The van der Waals surface area contributed by atoms with Gasteiger partial charge in [-0.05, 0) is 72.6 Å². The highest BCUT2D eigenvalue weighted by Crippen LogP contribution is 2.15. The number of nitrogens with zero attached hydrogens (tertiary/aromatic N) is 1. The lowest BCUT2D eigenvalue weighted by Crippen LogP contribution is -2.34. The molecule has 3 rings (SSSR count). The summed E-state index contributed by atoms with van der Waals surface area (Å²) in [6, 6.07) is 20.4. The van der Waals surface area contributed by atoms with Gasteiger partial charge in [0.15, 0.2) is 0 Å². The molecule has 0 radical (unpaired) electrons. The second-order valence-corrected chi connectivity index (χ2v) is 6.98. The zero-order chi connectivity index (χ0) is 23.6. The predicted octanol–water partition coefficient (Wildman–Crippen LogP) is 3.10.